The lowest BCUT2D eigenvalue weighted by Crippen LogP contribution is -2.23. The number of benzene rings is 2. The Morgan fingerprint density at radius 1 is 1.23 bits per heavy atom. The molecule has 2 aromatic rings. The van der Waals surface area contributed by atoms with Crippen molar-refractivity contribution in [1.82, 2.24) is 4.90 Å². The predicted octanol–water partition coefficient (Wildman–Crippen LogP) is 4.63. The molecule has 0 radical (unpaired) electrons. The third kappa shape index (κ3) is 4.07. The Morgan fingerprint density at radius 2 is 2.08 bits per heavy atom. The quantitative estimate of drug-likeness (QED) is 0.680. The number of methoxy groups -OCH3 is 1. The summed E-state index contributed by atoms with van der Waals surface area (Å²) in [6.07, 6.45) is 2.29. The maximum Gasteiger partial charge on any atom is 0.159 e. The first-order chi connectivity index (χ1) is 12.6. The Balaban J connectivity index is 1.86. The first kappa shape index (κ1) is 18.5. The highest BCUT2D eigenvalue weighted by molar-refractivity contribution is 5.94. The van der Waals surface area contributed by atoms with E-state index in [1.807, 2.05) is 37.3 Å². The topological polar surface area (TPSA) is 38.8 Å². The second-order valence-corrected chi connectivity index (χ2v) is 6.72. The molecule has 0 amide bonds. The van der Waals surface area contributed by atoms with Crippen molar-refractivity contribution >= 4 is 5.78 Å². The molecule has 4 nitrogen and oxygen atoms in total. The van der Waals surface area contributed by atoms with Gasteiger partial charge in [0.1, 0.15) is 11.5 Å². The largest absolute Gasteiger partial charge is 0.497 e. The molecule has 0 bridgehead atoms. The summed E-state index contributed by atoms with van der Waals surface area (Å²) >= 11 is 0. The second kappa shape index (κ2) is 8.37. The van der Waals surface area contributed by atoms with Gasteiger partial charge in [0.25, 0.3) is 0 Å². The summed E-state index contributed by atoms with van der Waals surface area (Å²) in [5, 5.41) is 0. The minimum Gasteiger partial charge on any atom is -0.497 e. The van der Waals surface area contributed by atoms with Crippen molar-refractivity contribution in [2.45, 2.75) is 39.3 Å². The number of Topliss-reactive ketones (excluding diaryl/α,β-unsaturated/α-hetero) is 1. The van der Waals surface area contributed by atoms with E-state index in [9.17, 15) is 4.79 Å². The van der Waals surface area contributed by atoms with E-state index >= 15 is 0 Å². The molecular formula is C22H27NO3. The molecular weight excluding hydrogens is 326 g/mol. The molecule has 1 heterocycles. The van der Waals surface area contributed by atoms with Gasteiger partial charge in [-0.1, -0.05) is 12.1 Å². The van der Waals surface area contributed by atoms with Crippen LogP contribution in [0.2, 0.25) is 0 Å². The molecule has 0 aliphatic carbocycles. The normalized spacial score (nSPS) is 17.3. The van der Waals surface area contributed by atoms with Crippen LogP contribution < -0.4 is 9.47 Å². The van der Waals surface area contributed by atoms with Gasteiger partial charge in [-0.25, -0.2) is 0 Å². The Hall–Kier alpha value is -2.33. The first-order valence-electron chi connectivity index (χ1n) is 9.27. The molecule has 2 aromatic carbocycles. The maximum atomic E-state index is 11.8. The third-order valence-electron chi connectivity index (χ3n) is 4.98. The molecule has 1 unspecified atom stereocenters. The standard InChI is InChI=1S/C22H27NO3/c1-4-26-22-11-10-17(16(2)24)13-19(22)15-23-12-6-9-21(23)18-7-5-8-20(14-18)25-3/h5,7-8,10-11,13-14,21H,4,6,9,12,15H2,1-3H3. The third-order valence-corrected chi connectivity index (χ3v) is 4.98. The van der Waals surface area contributed by atoms with E-state index in [2.05, 4.69) is 17.0 Å². The lowest BCUT2D eigenvalue weighted by atomic mass is 10.0. The van der Waals surface area contributed by atoms with E-state index < -0.39 is 0 Å². The minimum absolute atomic E-state index is 0.0834. The average Bonchev–Trinajstić information content (AvgIpc) is 3.11. The molecule has 138 valence electrons. The van der Waals surface area contributed by atoms with E-state index in [0.29, 0.717) is 12.6 Å². The van der Waals surface area contributed by atoms with Crippen molar-refractivity contribution in [2.75, 3.05) is 20.3 Å². The van der Waals surface area contributed by atoms with Gasteiger partial charge in [-0.3, -0.25) is 9.69 Å². The summed E-state index contributed by atoms with van der Waals surface area (Å²) in [7, 11) is 1.70. The number of hydrogen-bond donors (Lipinski definition) is 0. The SMILES string of the molecule is CCOc1ccc(C(C)=O)cc1CN1CCCC1c1cccc(OC)c1. The average molecular weight is 353 g/mol. The van der Waals surface area contributed by atoms with Gasteiger partial charge in [-0.2, -0.15) is 0 Å². The lowest BCUT2D eigenvalue weighted by molar-refractivity contribution is 0.101. The molecule has 1 fully saturated rings. The molecule has 0 aromatic heterocycles. The molecule has 0 saturated carbocycles. The second-order valence-electron chi connectivity index (χ2n) is 6.72. The zero-order valence-corrected chi connectivity index (χ0v) is 15.8. The van der Waals surface area contributed by atoms with Crippen LogP contribution in [0.3, 0.4) is 0 Å². The number of rotatable bonds is 7. The Kier molecular flexibility index (Phi) is 5.94. The highest BCUT2D eigenvalue weighted by atomic mass is 16.5. The predicted molar refractivity (Wildman–Crippen MR) is 103 cm³/mol. The van der Waals surface area contributed by atoms with E-state index in [4.69, 9.17) is 9.47 Å². The summed E-state index contributed by atoms with van der Waals surface area (Å²) in [4.78, 5) is 14.3. The van der Waals surface area contributed by atoms with Crippen LogP contribution >= 0.6 is 0 Å². The zero-order chi connectivity index (χ0) is 18.5. The van der Waals surface area contributed by atoms with Crippen LogP contribution in [0.1, 0.15) is 54.2 Å². The number of ketones is 1. The van der Waals surface area contributed by atoms with Gasteiger partial charge in [0.15, 0.2) is 5.78 Å². The van der Waals surface area contributed by atoms with Crippen molar-refractivity contribution < 1.29 is 14.3 Å². The Bertz CT molecular complexity index is 772. The first-order valence-corrected chi connectivity index (χ1v) is 9.27. The van der Waals surface area contributed by atoms with Crippen LogP contribution in [-0.2, 0) is 6.54 Å². The van der Waals surface area contributed by atoms with Crippen molar-refractivity contribution in [2.24, 2.45) is 0 Å². The monoisotopic (exact) mass is 353 g/mol. The summed E-state index contributed by atoms with van der Waals surface area (Å²) in [6.45, 7) is 6.02. The van der Waals surface area contributed by atoms with Gasteiger partial charge in [-0.05, 0) is 69.1 Å². The van der Waals surface area contributed by atoms with Gasteiger partial charge in [-0.15, -0.1) is 0 Å². The molecule has 0 N–H and O–H groups in total. The lowest BCUT2D eigenvalue weighted by Gasteiger charge is -2.26. The molecule has 1 atom stereocenters. The Labute approximate surface area is 155 Å². The van der Waals surface area contributed by atoms with Gasteiger partial charge >= 0.3 is 0 Å². The summed E-state index contributed by atoms with van der Waals surface area (Å²) in [5.41, 5.74) is 3.09. The number of carbonyl (C=O) groups excluding carboxylic acids is 1. The fourth-order valence-corrected chi connectivity index (χ4v) is 3.68. The van der Waals surface area contributed by atoms with E-state index in [1.54, 1.807) is 14.0 Å². The van der Waals surface area contributed by atoms with Crippen molar-refractivity contribution in [3.8, 4) is 11.5 Å². The summed E-state index contributed by atoms with van der Waals surface area (Å²) in [6, 6.07) is 14.4. The van der Waals surface area contributed by atoms with Crippen LogP contribution in [0.4, 0.5) is 0 Å². The van der Waals surface area contributed by atoms with Gasteiger partial charge < -0.3 is 9.47 Å². The van der Waals surface area contributed by atoms with Crippen LogP contribution in [0, 0.1) is 0 Å². The van der Waals surface area contributed by atoms with Gasteiger partial charge in [0, 0.05) is 23.7 Å². The summed E-state index contributed by atoms with van der Waals surface area (Å²) < 4.78 is 11.2. The number of likely N-dealkylation sites (tertiary alicyclic amines) is 1. The van der Waals surface area contributed by atoms with E-state index in [1.165, 1.54) is 5.56 Å². The van der Waals surface area contributed by atoms with Crippen molar-refractivity contribution in [1.29, 1.82) is 0 Å². The Morgan fingerprint density at radius 3 is 2.81 bits per heavy atom. The number of ether oxygens (including phenoxy) is 2. The van der Waals surface area contributed by atoms with Crippen LogP contribution in [-0.4, -0.2) is 30.9 Å². The van der Waals surface area contributed by atoms with Crippen molar-refractivity contribution in [3.05, 3.63) is 59.2 Å². The highest BCUT2D eigenvalue weighted by Crippen LogP contribution is 2.36. The van der Waals surface area contributed by atoms with Crippen LogP contribution in [0.25, 0.3) is 0 Å². The van der Waals surface area contributed by atoms with E-state index in [0.717, 1.165) is 48.6 Å². The van der Waals surface area contributed by atoms with Crippen molar-refractivity contribution in [3.63, 3.8) is 0 Å². The smallest absolute Gasteiger partial charge is 0.159 e. The fourth-order valence-electron chi connectivity index (χ4n) is 3.68. The molecule has 3 rings (SSSR count). The van der Waals surface area contributed by atoms with Crippen LogP contribution in [0.15, 0.2) is 42.5 Å². The molecule has 26 heavy (non-hydrogen) atoms. The van der Waals surface area contributed by atoms with Gasteiger partial charge in [0.2, 0.25) is 0 Å². The molecule has 4 heteroatoms. The maximum absolute atomic E-state index is 11.8. The summed E-state index contributed by atoms with van der Waals surface area (Å²) in [5.74, 6) is 1.84. The van der Waals surface area contributed by atoms with Crippen LogP contribution in [0.5, 0.6) is 11.5 Å². The number of nitrogens with zero attached hydrogens (tertiary/aromatic N) is 1. The highest BCUT2D eigenvalue weighted by Gasteiger charge is 2.27. The molecule has 1 aliphatic heterocycles. The van der Waals surface area contributed by atoms with E-state index in [-0.39, 0.29) is 5.78 Å². The minimum atomic E-state index is 0.0834. The molecule has 1 saturated heterocycles. The number of hydrogen-bond acceptors (Lipinski definition) is 4. The molecule has 0 spiro atoms. The van der Waals surface area contributed by atoms with Gasteiger partial charge in [0.05, 0.1) is 13.7 Å². The molecule has 1 aliphatic rings. The fraction of sp³-hybridized carbons (Fsp3) is 0.409. The zero-order valence-electron chi connectivity index (χ0n) is 15.8. The number of carbonyl (C=O) groups is 1.